The summed E-state index contributed by atoms with van der Waals surface area (Å²) in [7, 11) is 0. The second kappa shape index (κ2) is 7.79. The Balaban J connectivity index is 2.58. The van der Waals surface area contributed by atoms with E-state index in [4.69, 9.17) is 4.74 Å². The number of ether oxygens (including phenoxy) is 1. The molecule has 1 aromatic carbocycles. The Bertz CT molecular complexity index is 405. The molecule has 2 N–H and O–H groups in total. The fourth-order valence-corrected chi connectivity index (χ4v) is 1.53. The molecule has 0 bridgehead atoms. The third kappa shape index (κ3) is 5.75. The predicted octanol–water partition coefficient (Wildman–Crippen LogP) is 2.80. The van der Waals surface area contributed by atoms with E-state index in [1.165, 1.54) is 0 Å². The molecular formula is C15H24N2O2. The van der Waals surface area contributed by atoms with Crippen LogP contribution in [0.2, 0.25) is 0 Å². The second-order valence-electron chi connectivity index (χ2n) is 4.90. The van der Waals surface area contributed by atoms with E-state index in [1.807, 2.05) is 38.1 Å². The Hall–Kier alpha value is -1.55. The Morgan fingerprint density at radius 3 is 2.58 bits per heavy atom. The van der Waals surface area contributed by atoms with Gasteiger partial charge in [0.2, 0.25) is 5.91 Å². The summed E-state index contributed by atoms with van der Waals surface area (Å²) < 4.78 is 5.66. The molecule has 0 fully saturated rings. The Kier molecular flexibility index (Phi) is 6.36. The van der Waals surface area contributed by atoms with Crippen LogP contribution in [0.25, 0.3) is 0 Å². The monoisotopic (exact) mass is 264 g/mol. The van der Waals surface area contributed by atoms with E-state index in [9.17, 15) is 4.79 Å². The van der Waals surface area contributed by atoms with Gasteiger partial charge in [-0.15, -0.1) is 0 Å². The van der Waals surface area contributed by atoms with E-state index >= 15 is 0 Å². The standard InChI is InChI=1S/C15H24N2O2/c1-5-12(4)16-10-15(18)17-13-8-6-7-9-14(13)19-11(2)3/h6-9,11-12,16H,5,10H2,1-4H3,(H,17,18). The van der Waals surface area contributed by atoms with Crippen molar-refractivity contribution in [3.8, 4) is 5.75 Å². The van der Waals surface area contributed by atoms with Gasteiger partial charge in [0.1, 0.15) is 5.75 Å². The molecule has 4 heteroatoms. The van der Waals surface area contributed by atoms with Crippen molar-refractivity contribution >= 4 is 11.6 Å². The quantitative estimate of drug-likeness (QED) is 0.796. The molecule has 1 amide bonds. The molecule has 0 aliphatic rings. The van der Waals surface area contributed by atoms with Crippen molar-refractivity contribution in [3.63, 3.8) is 0 Å². The lowest BCUT2D eigenvalue weighted by Gasteiger charge is -2.15. The van der Waals surface area contributed by atoms with Crippen LogP contribution in [0.1, 0.15) is 34.1 Å². The van der Waals surface area contributed by atoms with Gasteiger partial charge in [0.05, 0.1) is 18.3 Å². The molecule has 0 saturated carbocycles. The minimum absolute atomic E-state index is 0.0555. The van der Waals surface area contributed by atoms with E-state index < -0.39 is 0 Å². The lowest BCUT2D eigenvalue weighted by Crippen LogP contribution is -2.34. The van der Waals surface area contributed by atoms with Crippen LogP contribution in [-0.4, -0.2) is 24.6 Å². The predicted molar refractivity (Wildman–Crippen MR) is 78.6 cm³/mol. The number of anilines is 1. The van der Waals surface area contributed by atoms with Crippen molar-refractivity contribution in [1.29, 1.82) is 0 Å². The fraction of sp³-hybridized carbons (Fsp3) is 0.533. The molecule has 0 aromatic heterocycles. The Morgan fingerprint density at radius 2 is 1.95 bits per heavy atom. The average molecular weight is 264 g/mol. The van der Waals surface area contributed by atoms with Crippen LogP contribution in [0.5, 0.6) is 5.75 Å². The van der Waals surface area contributed by atoms with E-state index in [0.717, 1.165) is 6.42 Å². The summed E-state index contributed by atoms with van der Waals surface area (Å²) in [5.41, 5.74) is 0.715. The highest BCUT2D eigenvalue weighted by Crippen LogP contribution is 2.24. The van der Waals surface area contributed by atoms with Gasteiger partial charge in [-0.25, -0.2) is 0 Å². The zero-order valence-electron chi connectivity index (χ0n) is 12.2. The van der Waals surface area contributed by atoms with Crippen molar-refractivity contribution in [2.45, 2.75) is 46.3 Å². The van der Waals surface area contributed by atoms with Crippen molar-refractivity contribution < 1.29 is 9.53 Å². The van der Waals surface area contributed by atoms with Crippen molar-refractivity contribution in [1.82, 2.24) is 5.32 Å². The van der Waals surface area contributed by atoms with Crippen LogP contribution in [0.15, 0.2) is 24.3 Å². The van der Waals surface area contributed by atoms with Crippen LogP contribution in [0, 0.1) is 0 Å². The Morgan fingerprint density at radius 1 is 1.26 bits per heavy atom. The number of para-hydroxylation sites is 2. The van der Waals surface area contributed by atoms with Crippen LogP contribution in [0.4, 0.5) is 5.69 Å². The Labute approximate surface area is 115 Å². The molecule has 106 valence electrons. The first-order valence-electron chi connectivity index (χ1n) is 6.81. The number of hydrogen-bond acceptors (Lipinski definition) is 3. The number of nitrogens with one attached hydrogen (secondary N) is 2. The van der Waals surface area contributed by atoms with Crippen LogP contribution >= 0.6 is 0 Å². The van der Waals surface area contributed by atoms with Crippen LogP contribution in [0.3, 0.4) is 0 Å². The van der Waals surface area contributed by atoms with Crippen molar-refractivity contribution in [2.24, 2.45) is 0 Å². The maximum Gasteiger partial charge on any atom is 0.238 e. The van der Waals surface area contributed by atoms with E-state index in [1.54, 1.807) is 0 Å². The minimum atomic E-state index is -0.0555. The number of hydrogen-bond donors (Lipinski definition) is 2. The van der Waals surface area contributed by atoms with Crippen LogP contribution < -0.4 is 15.4 Å². The van der Waals surface area contributed by atoms with E-state index in [-0.39, 0.29) is 12.0 Å². The molecule has 0 radical (unpaired) electrons. The third-order valence-corrected chi connectivity index (χ3v) is 2.75. The molecular weight excluding hydrogens is 240 g/mol. The van der Waals surface area contributed by atoms with E-state index in [2.05, 4.69) is 24.5 Å². The molecule has 4 nitrogen and oxygen atoms in total. The maximum atomic E-state index is 11.8. The second-order valence-corrected chi connectivity index (χ2v) is 4.90. The number of amides is 1. The molecule has 0 heterocycles. The minimum Gasteiger partial charge on any atom is -0.489 e. The summed E-state index contributed by atoms with van der Waals surface area (Å²) in [6.45, 7) is 8.38. The molecule has 1 aromatic rings. The van der Waals surface area contributed by atoms with Gasteiger partial charge in [0, 0.05) is 6.04 Å². The molecule has 1 unspecified atom stereocenters. The van der Waals surface area contributed by atoms with Gasteiger partial charge < -0.3 is 15.4 Å². The largest absolute Gasteiger partial charge is 0.489 e. The van der Waals surface area contributed by atoms with Gasteiger partial charge in [-0.05, 0) is 39.3 Å². The van der Waals surface area contributed by atoms with Crippen molar-refractivity contribution in [2.75, 3.05) is 11.9 Å². The first-order chi connectivity index (χ1) is 9.02. The summed E-state index contributed by atoms with van der Waals surface area (Å²) in [6, 6.07) is 7.82. The lowest BCUT2D eigenvalue weighted by molar-refractivity contribution is -0.115. The van der Waals surface area contributed by atoms with Crippen LogP contribution in [-0.2, 0) is 4.79 Å². The van der Waals surface area contributed by atoms with Gasteiger partial charge in [0.25, 0.3) is 0 Å². The third-order valence-electron chi connectivity index (χ3n) is 2.75. The van der Waals surface area contributed by atoms with Gasteiger partial charge >= 0.3 is 0 Å². The number of carbonyl (C=O) groups excluding carboxylic acids is 1. The number of carbonyl (C=O) groups is 1. The van der Waals surface area contributed by atoms with Gasteiger partial charge in [-0.2, -0.15) is 0 Å². The molecule has 0 aliphatic heterocycles. The SMILES string of the molecule is CCC(C)NCC(=O)Nc1ccccc1OC(C)C. The fourth-order valence-electron chi connectivity index (χ4n) is 1.53. The van der Waals surface area contributed by atoms with Gasteiger partial charge in [-0.1, -0.05) is 19.1 Å². The maximum absolute atomic E-state index is 11.8. The average Bonchev–Trinajstić information content (AvgIpc) is 2.37. The summed E-state index contributed by atoms with van der Waals surface area (Å²) in [4.78, 5) is 11.8. The zero-order valence-corrected chi connectivity index (χ0v) is 12.2. The summed E-state index contributed by atoms with van der Waals surface area (Å²) in [6.07, 6.45) is 1.08. The highest BCUT2D eigenvalue weighted by atomic mass is 16.5. The van der Waals surface area contributed by atoms with Gasteiger partial charge in [0.15, 0.2) is 0 Å². The zero-order chi connectivity index (χ0) is 14.3. The first-order valence-corrected chi connectivity index (χ1v) is 6.81. The lowest BCUT2D eigenvalue weighted by atomic mass is 10.2. The molecule has 1 rings (SSSR count). The molecule has 0 aliphatic carbocycles. The number of rotatable bonds is 7. The number of benzene rings is 1. The summed E-state index contributed by atoms with van der Waals surface area (Å²) in [5, 5.41) is 6.03. The van der Waals surface area contributed by atoms with Crippen molar-refractivity contribution in [3.05, 3.63) is 24.3 Å². The molecule has 19 heavy (non-hydrogen) atoms. The summed E-state index contributed by atoms with van der Waals surface area (Å²) in [5.74, 6) is 0.648. The first kappa shape index (κ1) is 15.5. The highest BCUT2D eigenvalue weighted by Gasteiger charge is 2.09. The molecule has 0 spiro atoms. The molecule has 0 saturated heterocycles. The van der Waals surface area contributed by atoms with E-state index in [0.29, 0.717) is 24.0 Å². The van der Waals surface area contributed by atoms with Gasteiger partial charge in [-0.3, -0.25) is 4.79 Å². The summed E-state index contributed by atoms with van der Waals surface area (Å²) >= 11 is 0. The highest BCUT2D eigenvalue weighted by molar-refractivity contribution is 5.93. The smallest absolute Gasteiger partial charge is 0.238 e. The topological polar surface area (TPSA) is 50.4 Å². The normalized spacial score (nSPS) is 12.3. The molecule has 1 atom stereocenters.